The molecular weight excluding hydrogens is 280 g/mol. The summed E-state index contributed by atoms with van der Waals surface area (Å²) in [5.41, 5.74) is 0.908. The largest absolute Gasteiger partial charge is 0.325 e. The van der Waals surface area contributed by atoms with Gasteiger partial charge >= 0.3 is 0 Å². The quantitative estimate of drug-likeness (QED) is 0.594. The monoisotopic (exact) mass is 304 g/mol. The van der Waals surface area contributed by atoms with E-state index in [1.807, 2.05) is 30.3 Å². The third-order valence-electron chi connectivity index (χ3n) is 3.65. The average Bonchev–Trinajstić information content (AvgIpc) is 2.53. The first-order chi connectivity index (χ1) is 10.3. The van der Waals surface area contributed by atoms with Gasteiger partial charge in [0.1, 0.15) is 0 Å². The lowest BCUT2D eigenvalue weighted by Crippen LogP contribution is -2.34. The molecule has 2 N–H and O–H groups in total. The molecule has 1 saturated heterocycles. The van der Waals surface area contributed by atoms with Gasteiger partial charge in [0, 0.05) is 23.1 Å². The van der Waals surface area contributed by atoms with E-state index >= 15 is 0 Å². The zero-order valence-corrected chi connectivity index (χ0v) is 13.3. The van der Waals surface area contributed by atoms with Gasteiger partial charge in [0.05, 0.1) is 5.69 Å². The number of rotatable bonds is 7. The zero-order chi connectivity index (χ0) is 14.9. The summed E-state index contributed by atoms with van der Waals surface area (Å²) in [6, 6.07) is 8.45. The van der Waals surface area contributed by atoms with Crippen LogP contribution in [0.3, 0.4) is 0 Å². The Bertz CT molecular complexity index is 470. The molecule has 21 heavy (non-hydrogen) atoms. The average molecular weight is 304 g/mol. The molecule has 1 aliphatic heterocycles. The molecule has 0 aromatic heterocycles. The van der Waals surface area contributed by atoms with Crippen molar-refractivity contribution in [2.45, 2.75) is 43.0 Å². The molecule has 1 heterocycles. The highest BCUT2D eigenvalue weighted by atomic mass is 32.2. The lowest BCUT2D eigenvalue weighted by atomic mass is 10.0. The zero-order valence-electron chi connectivity index (χ0n) is 12.4. The summed E-state index contributed by atoms with van der Waals surface area (Å²) in [7, 11) is 0. The van der Waals surface area contributed by atoms with Gasteiger partial charge in [-0.15, -0.1) is 18.3 Å². The molecule has 0 aliphatic carbocycles. The highest BCUT2D eigenvalue weighted by Crippen LogP contribution is 2.27. The maximum absolute atomic E-state index is 12.1. The fraction of sp³-hybridized carbons (Fsp3) is 0.471. The third kappa shape index (κ3) is 5.56. The molecule has 2 rings (SSSR count). The Morgan fingerprint density at radius 2 is 2.29 bits per heavy atom. The van der Waals surface area contributed by atoms with Gasteiger partial charge in [-0.2, -0.15) is 0 Å². The van der Waals surface area contributed by atoms with E-state index in [1.54, 1.807) is 11.8 Å². The predicted octanol–water partition coefficient (Wildman–Crippen LogP) is 3.83. The van der Waals surface area contributed by atoms with E-state index in [1.165, 1.54) is 19.3 Å². The number of thioether (sulfide) groups is 1. The van der Waals surface area contributed by atoms with Crippen LogP contribution in [-0.4, -0.2) is 24.2 Å². The Morgan fingerprint density at radius 3 is 3.05 bits per heavy atom. The van der Waals surface area contributed by atoms with Gasteiger partial charge in [0.15, 0.2) is 0 Å². The van der Waals surface area contributed by atoms with E-state index in [9.17, 15) is 4.79 Å². The minimum atomic E-state index is 0.106. The fourth-order valence-corrected chi connectivity index (χ4v) is 3.28. The molecule has 1 atom stereocenters. The number of amides is 1. The SMILES string of the molecule is C=CCSc1ccccc1NC(=O)CCC1CCCCN1. The molecule has 1 aromatic carbocycles. The number of carbonyl (C=O) groups excluding carboxylic acids is 1. The molecule has 0 bridgehead atoms. The Labute approximate surface area is 131 Å². The second-order valence-electron chi connectivity index (χ2n) is 5.33. The van der Waals surface area contributed by atoms with Crippen LogP contribution in [0, 0.1) is 0 Å². The Hall–Kier alpha value is -1.26. The summed E-state index contributed by atoms with van der Waals surface area (Å²) in [6.45, 7) is 4.82. The van der Waals surface area contributed by atoms with Crippen LogP contribution in [0.5, 0.6) is 0 Å². The van der Waals surface area contributed by atoms with E-state index < -0.39 is 0 Å². The van der Waals surface area contributed by atoms with Crippen molar-refractivity contribution in [2.24, 2.45) is 0 Å². The van der Waals surface area contributed by atoms with Gasteiger partial charge in [-0.1, -0.05) is 24.6 Å². The van der Waals surface area contributed by atoms with E-state index in [-0.39, 0.29) is 5.91 Å². The summed E-state index contributed by atoms with van der Waals surface area (Å²) < 4.78 is 0. The Kier molecular flexibility index (Phi) is 6.83. The first kappa shape index (κ1) is 16.1. The van der Waals surface area contributed by atoms with Crippen molar-refractivity contribution in [3.8, 4) is 0 Å². The van der Waals surface area contributed by atoms with Gasteiger partial charge in [0.25, 0.3) is 0 Å². The lowest BCUT2D eigenvalue weighted by molar-refractivity contribution is -0.116. The molecule has 114 valence electrons. The lowest BCUT2D eigenvalue weighted by Gasteiger charge is -2.23. The second kappa shape index (κ2) is 8.90. The fourth-order valence-electron chi connectivity index (χ4n) is 2.53. The summed E-state index contributed by atoms with van der Waals surface area (Å²) >= 11 is 1.69. The standard InChI is InChI=1S/C17H24N2OS/c1-2-13-21-16-9-4-3-8-15(16)19-17(20)11-10-14-7-5-6-12-18-14/h2-4,8-9,14,18H,1,5-7,10-13H2,(H,19,20). The van der Waals surface area contributed by atoms with Crippen LogP contribution < -0.4 is 10.6 Å². The van der Waals surface area contributed by atoms with Crippen LogP contribution in [0.15, 0.2) is 41.8 Å². The molecule has 1 aliphatic rings. The van der Waals surface area contributed by atoms with Crippen molar-refractivity contribution < 1.29 is 4.79 Å². The van der Waals surface area contributed by atoms with E-state index in [0.29, 0.717) is 12.5 Å². The second-order valence-corrected chi connectivity index (χ2v) is 6.39. The minimum Gasteiger partial charge on any atom is -0.325 e. The molecule has 0 spiro atoms. The minimum absolute atomic E-state index is 0.106. The number of para-hydroxylation sites is 1. The first-order valence-electron chi connectivity index (χ1n) is 7.65. The van der Waals surface area contributed by atoms with E-state index in [4.69, 9.17) is 0 Å². The molecule has 4 heteroatoms. The van der Waals surface area contributed by atoms with E-state index in [0.717, 1.165) is 29.3 Å². The number of anilines is 1. The van der Waals surface area contributed by atoms with Crippen molar-refractivity contribution in [1.82, 2.24) is 5.32 Å². The number of hydrogen-bond acceptors (Lipinski definition) is 3. The molecule has 1 aromatic rings. The highest BCUT2D eigenvalue weighted by Gasteiger charge is 2.14. The highest BCUT2D eigenvalue weighted by molar-refractivity contribution is 7.99. The molecule has 0 saturated carbocycles. The third-order valence-corrected chi connectivity index (χ3v) is 4.72. The van der Waals surface area contributed by atoms with Crippen molar-refractivity contribution in [2.75, 3.05) is 17.6 Å². The summed E-state index contributed by atoms with van der Waals surface area (Å²) in [5.74, 6) is 0.952. The maximum atomic E-state index is 12.1. The summed E-state index contributed by atoms with van der Waals surface area (Å²) in [6.07, 6.45) is 7.11. The van der Waals surface area contributed by atoms with Crippen LogP contribution >= 0.6 is 11.8 Å². The normalized spacial score (nSPS) is 18.2. The van der Waals surface area contributed by atoms with Crippen molar-refractivity contribution in [1.29, 1.82) is 0 Å². The molecule has 1 amide bonds. The van der Waals surface area contributed by atoms with Gasteiger partial charge in [-0.3, -0.25) is 4.79 Å². The Morgan fingerprint density at radius 1 is 1.43 bits per heavy atom. The maximum Gasteiger partial charge on any atom is 0.224 e. The molecular formula is C17H24N2OS. The molecule has 1 fully saturated rings. The topological polar surface area (TPSA) is 41.1 Å². The Balaban J connectivity index is 1.82. The predicted molar refractivity (Wildman–Crippen MR) is 90.9 cm³/mol. The molecule has 0 radical (unpaired) electrons. The van der Waals surface area contributed by atoms with Crippen LogP contribution in [0.1, 0.15) is 32.1 Å². The van der Waals surface area contributed by atoms with E-state index in [2.05, 4.69) is 17.2 Å². The van der Waals surface area contributed by atoms with Gasteiger partial charge in [0.2, 0.25) is 5.91 Å². The smallest absolute Gasteiger partial charge is 0.224 e. The summed E-state index contributed by atoms with van der Waals surface area (Å²) in [4.78, 5) is 13.2. The summed E-state index contributed by atoms with van der Waals surface area (Å²) in [5, 5.41) is 6.52. The number of benzene rings is 1. The number of carbonyl (C=O) groups is 1. The van der Waals surface area contributed by atoms with Crippen LogP contribution in [0.4, 0.5) is 5.69 Å². The van der Waals surface area contributed by atoms with Gasteiger partial charge in [-0.05, 0) is 37.9 Å². The van der Waals surface area contributed by atoms with Crippen molar-refractivity contribution in [3.05, 3.63) is 36.9 Å². The van der Waals surface area contributed by atoms with Crippen LogP contribution in [0.25, 0.3) is 0 Å². The molecule has 1 unspecified atom stereocenters. The van der Waals surface area contributed by atoms with Crippen LogP contribution in [0.2, 0.25) is 0 Å². The number of hydrogen-bond donors (Lipinski definition) is 2. The van der Waals surface area contributed by atoms with Crippen molar-refractivity contribution >= 4 is 23.4 Å². The number of nitrogens with one attached hydrogen (secondary N) is 2. The van der Waals surface area contributed by atoms with Crippen molar-refractivity contribution in [3.63, 3.8) is 0 Å². The first-order valence-corrected chi connectivity index (χ1v) is 8.64. The van der Waals surface area contributed by atoms with Gasteiger partial charge < -0.3 is 10.6 Å². The molecule has 3 nitrogen and oxygen atoms in total. The van der Waals surface area contributed by atoms with Gasteiger partial charge in [-0.25, -0.2) is 0 Å². The van der Waals surface area contributed by atoms with Crippen LogP contribution in [-0.2, 0) is 4.79 Å². The number of piperidine rings is 1.